The van der Waals surface area contributed by atoms with E-state index in [1.165, 1.54) is 6.07 Å². The van der Waals surface area contributed by atoms with Gasteiger partial charge in [-0.3, -0.25) is 4.79 Å². The first kappa shape index (κ1) is 14.5. The van der Waals surface area contributed by atoms with Gasteiger partial charge in [-0.2, -0.15) is 26.3 Å². The number of Topliss-reactive ketones (excluding diaryl/α,β-unsaturated/α-hetero) is 1. The highest BCUT2D eigenvalue weighted by molar-refractivity contribution is 6.03. The van der Waals surface area contributed by atoms with Crippen LogP contribution >= 0.6 is 0 Å². The highest BCUT2D eigenvalue weighted by atomic mass is 19.4. The zero-order chi connectivity index (χ0) is 14.2. The first-order chi connectivity index (χ1) is 8.02. The summed E-state index contributed by atoms with van der Waals surface area (Å²) >= 11 is 0. The molecule has 1 aromatic rings. The lowest BCUT2D eigenvalue weighted by Gasteiger charge is -2.28. The number of carbonyl (C=O) groups is 1. The molecule has 0 aliphatic rings. The molecule has 0 heterocycles. The summed E-state index contributed by atoms with van der Waals surface area (Å²) in [5.74, 6) is -2.68. The molecule has 0 radical (unpaired) electrons. The van der Waals surface area contributed by atoms with Gasteiger partial charge in [-0.15, -0.1) is 0 Å². The Balaban J connectivity index is 3.36. The number of carbonyl (C=O) groups excluding carboxylic acids is 1. The van der Waals surface area contributed by atoms with E-state index in [1.54, 1.807) is 0 Å². The van der Waals surface area contributed by atoms with Crippen molar-refractivity contribution in [3.63, 3.8) is 0 Å². The fourth-order valence-electron chi connectivity index (χ4n) is 1.21. The number of hydrogen-bond donors (Lipinski definition) is 0. The fraction of sp³-hybridized carbons (Fsp3) is 0.300. The molecule has 1 aromatic carbocycles. The molecule has 0 N–H and O–H groups in total. The van der Waals surface area contributed by atoms with Gasteiger partial charge in [0, 0.05) is 5.56 Å². The van der Waals surface area contributed by atoms with Crippen molar-refractivity contribution in [3.05, 3.63) is 35.9 Å². The van der Waals surface area contributed by atoms with Crippen LogP contribution in [-0.4, -0.2) is 23.8 Å². The number of alkyl halides is 7. The van der Waals surface area contributed by atoms with Crippen LogP contribution in [0.25, 0.3) is 0 Å². The van der Waals surface area contributed by atoms with Crippen molar-refractivity contribution in [1.82, 2.24) is 0 Å². The normalized spacial score (nSPS) is 13.5. The van der Waals surface area contributed by atoms with Gasteiger partial charge in [0.25, 0.3) is 0 Å². The molecule has 0 saturated carbocycles. The lowest BCUT2D eigenvalue weighted by Crippen LogP contribution is -2.58. The Kier molecular flexibility index (Phi) is 3.42. The summed E-state index contributed by atoms with van der Waals surface area (Å²) in [6, 6.07) is 4.67. The van der Waals surface area contributed by atoms with Crippen LogP contribution in [0, 0.1) is 0 Å². The molecule has 0 bridgehead atoms. The first-order valence-corrected chi connectivity index (χ1v) is 4.44. The van der Waals surface area contributed by atoms with Crippen LogP contribution in [0.3, 0.4) is 0 Å². The predicted octanol–water partition coefficient (Wildman–Crippen LogP) is 3.70. The van der Waals surface area contributed by atoms with Crippen LogP contribution < -0.4 is 0 Å². The predicted molar refractivity (Wildman–Crippen MR) is 46.7 cm³/mol. The number of ketones is 1. The molecular formula is C10H5F7O. The summed E-state index contributed by atoms with van der Waals surface area (Å²) in [6.45, 7) is 0. The zero-order valence-corrected chi connectivity index (χ0v) is 8.44. The molecule has 0 unspecified atom stereocenters. The zero-order valence-electron chi connectivity index (χ0n) is 8.44. The third kappa shape index (κ3) is 2.19. The van der Waals surface area contributed by atoms with E-state index in [0.29, 0.717) is 12.1 Å². The van der Waals surface area contributed by atoms with Gasteiger partial charge in [0.2, 0.25) is 5.78 Å². The first-order valence-electron chi connectivity index (χ1n) is 4.44. The Morgan fingerprint density at radius 3 is 1.50 bits per heavy atom. The molecule has 1 rings (SSSR count). The van der Waals surface area contributed by atoms with E-state index >= 15 is 0 Å². The molecule has 0 saturated heterocycles. The standard InChI is InChI=1S/C10H5F7O/c11-8(9(12,13)14,10(15,16)17)7(18)6-4-2-1-3-5-6/h1-5H. The Labute approximate surface area is 96.2 Å². The molecule has 100 valence electrons. The Morgan fingerprint density at radius 2 is 1.17 bits per heavy atom. The van der Waals surface area contributed by atoms with Gasteiger partial charge < -0.3 is 0 Å². The highest BCUT2D eigenvalue weighted by Crippen LogP contribution is 2.47. The van der Waals surface area contributed by atoms with Gasteiger partial charge in [0.15, 0.2) is 0 Å². The summed E-state index contributed by atoms with van der Waals surface area (Å²) in [7, 11) is 0. The van der Waals surface area contributed by atoms with E-state index in [9.17, 15) is 35.5 Å². The molecule has 0 aliphatic heterocycles. The van der Waals surface area contributed by atoms with E-state index in [-0.39, 0.29) is 0 Å². The Hall–Kier alpha value is -1.60. The van der Waals surface area contributed by atoms with Crippen molar-refractivity contribution in [3.8, 4) is 0 Å². The summed E-state index contributed by atoms with van der Waals surface area (Å²) in [5, 5.41) is 0. The smallest absolute Gasteiger partial charge is 0.290 e. The third-order valence-electron chi connectivity index (χ3n) is 2.13. The second-order valence-electron chi connectivity index (χ2n) is 3.35. The van der Waals surface area contributed by atoms with Crippen LogP contribution in [-0.2, 0) is 0 Å². The molecule has 1 nitrogen and oxygen atoms in total. The lowest BCUT2D eigenvalue weighted by atomic mass is 9.93. The molecular weight excluding hydrogens is 269 g/mol. The fourth-order valence-corrected chi connectivity index (χ4v) is 1.21. The molecule has 0 atom stereocenters. The van der Waals surface area contributed by atoms with Crippen molar-refractivity contribution < 1.29 is 35.5 Å². The van der Waals surface area contributed by atoms with Gasteiger partial charge >= 0.3 is 18.0 Å². The number of halogens is 7. The van der Waals surface area contributed by atoms with Gasteiger partial charge in [-0.1, -0.05) is 30.3 Å². The second-order valence-corrected chi connectivity index (χ2v) is 3.35. The summed E-state index contributed by atoms with van der Waals surface area (Å²) in [5.41, 5.74) is -6.91. The minimum atomic E-state index is -6.38. The van der Waals surface area contributed by atoms with Gasteiger partial charge in [0.1, 0.15) is 0 Å². The SMILES string of the molecule is O=C(c1ccccc1)C(F)(C(F)(F)F)C(F)(F)F. The summed E-state index contributed by atoms with van der Waals surface area (Å²) in [6.07, 6.45) is -12.8. The summed E-state index contributed by atoms with van der Waals surface area (Å²) < 4.78 is 86.6. The molecule has 0 amide bonds. The van der Waals surface area contributed by atoms with Crippen molar-refractivity contribution in [2.75, 3.05) is 0 Å². The number of hydrogen-bond acceptors (Lipinski definition) is 1. The largest absolute Gasteiger partial charge is 0.439 e. The van der Waals surface area contributed by atoms with Crippen molar-refractivity contribution in [1.29, 1.82) is 0 Å². The van der Waals surface area contributed by atoms with Gasteiger partial charge in [0.05, 0.1) is 0 Å². The van der Waals surface area contributed by atoms with E-state index < -0.39 is 29.4 Å². The molecule has 8 heteroatoms. The number of rotatable bonds is 2. The highest BCUT2D eigenvalue weighted by Gasteiger charge is 2.77. The van der Waals surface area contributed by atoms with E-state index in [4.69, 9.17) is 0 Å². The minimum absolute atomic E-state index is 0.675. The Morgan fingerprint density at radius 1 is 0.778 bits per heavy atom. The van der Waals surface area contributed by atoms with Crippen molar-refractivity contribution >= 4 is 5.78 Å². The monoisotopic (exact) mass is 274 g/mol. The van der Waals surface area contributed by atoms with Crippen LogP contribution in [0.15, 0.2) is 30.3 Å². The number of benzene rings is 1. The molecule has 18 heavy (non-hydrogen) atoms. The average molecular weight is 274 g/mol. The average Bonchev–Trinajstić information content (AvgIpc) is 2.25. The van der Waals surface area contributed by atoms with Crippen LogP contribution in [0.1, 0.15) is 10.4 Å². The minimum Gasteiger partial charge on any atom is -0.290 e. The molecule has 0 spiro atoms. The van der Waals surface area contributed by atoms with E-state index in [0.717, 1.165) is 12.1 Å². The lowest BCUT2D eigenvalue weighted by molar-refractivity contribution is -0.317. The van der Waals surface area contributed by atoms with Crippen LogP contribution in [0.2, 0.25) is 0 Å². The van der Waals surface area contributed by atoms with Crippen molar-refractivity contribution in [2.24, 2.45) is 0 Å². The maximum atomic E-state index is 13.3. The third-order valence-corrected chi connectivity index (χ3v) is 2.13. The maximum Gasteiger partial charge on any atom is 0.439 e. The molecule has 0 aliphatic carbocycles. The Bertz CT molecular complexity index is 418. The van der Waals surface area contributed by atoms with Crippen LogP contribution in [0.5, 0.6) is 0 Å². The maximum absolute atomic E-state index is 13.3. The van der Waals surface area contributed by atoms with Crippen LogP contribution in [0.4, 0.5) is 30.7 Å². The topological polar surface area (TPSA) is 17.1 Å². The van der Waals surface area contributed by atoms with E-state index in [2.05, 4.69) is 0 Å². The molecule has 0 aromatic heterocycles. The van der Waals surface area contributed by atoms with Gasteiger partial charge in [-0.05, 0) is 0 Å². The molecule has 0 fully saturated rings. The second kappa shape index (κ2) is 4.25. The van der Waals surface area contributed by atoms with E-state index in [1.807, 2.05) is 0 Å². The van der Waals surface area contributed by atoms with Crippen molar-refractivity contribution in [2.45, 2.75) is 18.0 Å². The summed E-state index contributed by atoms with van der Waals surface area (Å²) in [4.78, 5) is 11.1. The quantitative estimate of drug-likeness (QED) is 0.593. The van der Waals surface area contributed by atoms with Gasteiger partial charge in [-0.25, -0.2) is 4.39 Å².